The summed E-state index contributed by atoms with van der Waals surface area (Å²) in [6, 6.07) is 9.95. The van der Waals surface area contributed by atoms with Gasteiger partial charge in [0, 0.05) is 5.56 Å². The summed E-state index contributed by atoms with van der Waals surface area (Å²) in [5, 5.41) is 0. The topological polar surface area (TPSA) is 35.5 Å². The molecule has 0 saturated heterocycles. The highest BCUT2D eigenvalue weighted by molar-refractivity contribution is 6.02. The molecule has 2 aliphatic rings. The van der Waals surface area contributed by atoms with Crippen molar-refractivity contribution in [3.63, 3.8) is 0 Å². The molecule has 0 aliphatic heterocycles. The maximum Gasteiger partial charge on any atom is 0.342 e. The minimum absolute atomic E-state index is 0.368. The number of hydrogen-bond donors (Lipinski definition) is 0. The number of ether oxygens (including phenoxy) is 2. The Morgan fingerprint density at radius 3 is 2.47 bits per heavy atom. The van der Waals surface area contributed by atoms with E-state index in [1.54, 1.807) is 7.11 Å². The molecule has 0 spiro atoms. The summed E-state index contributed by atoms with van der Waals surface area (Å²) < 4.78 is 10.1. The first-order chi connectivity index (χ1) is 9.08. The molecular formula is C16H18O3. The molecule has 0 N–H and O–H groups in total. The van der Waals surface area contributed by atoms with Crippen LogP contribution in [0.15, 0.2) is 30.3 Å². The summed E-state index contributed by atoms with van der Waals surface area (Å²) >= 11 is 0. The average molecular weight is 258 g/mol. The van der Waals surface area contributed by atoms with E-state index in [1.165, 1.54) is 12.7 Å². The van der Waals surface area contributed by atoms with Gasteiger partial charge in [0.15, 0.2) is 0 Å². The van der Waals surface area contributed by atoms with E-state index >= 15 is 0 Å². The van der Waals surface area contributed by atoms with Crippen molar-refractivity contribution in [1.29, 1.82) is 0 Å². The first-order valence-electron chi connectivity index (χ1n) is 6.27. The second kappa shape index (κ2) is 5.31. The van der Waals surface area contributed by atoms with Crippen molar-refractivity contribution in [2.24, 2.45) is 0 Å². The monoisotopic (exact) mass is 258 g/mol. The molecule has 0 aromatic carbocycles. The summed E-state index contributed by atoms with van der Waals surface area (Å²) in [7, 11) is 2.94. The fourth-order valence-electron chi connectivity index (χ4n) is 2.17. The van der Waals surface area contributed by atoms with Crippen LogP contribution in [0.5, 0.6) is 5.75 Å². The van der Waals surface area contributed by atoms with Gasteiger partial charge in [-0.1, -0.05) is 32.0 Å². The molecule has 3 nitrogen and oxygen atoms in total. The summed E-state index contributed by atoms with van der Waals surface area (Å²) in [6.45, 7) is 4.25. The first kappa shape index (κ1) is 13.4. The van der Waals surface area contributed by atoms with Crippen molar-refractivity contribution in [3.8, 4) is 16.9 Å². The van der Waals surface area contributed by atoms with Gasteiger partial charge in [0.25, 0.3) is 0 Å². The first-order valence-corrected chi connectivity index (χ1v) is 6.27. The third-order valence-electron chi connectivity index (χ3n) is 3.26. The number of carbonyl (C=O) groups is 1. The molecule has 0 amide bonds. The molecule has 0 aromatic rings. The third kappa shape index (κ3) is 2.41. The molecule has 19 heavy (non-hydrogen) atoms. The van der Waals surface area contributed by atoms with E-state index in [1.807, 2.05) is 24.3 Å². The number of esters is 1. The van der Waals surface area contributed by atoms with E-state index < -0.39 is 0 Å². The summed E-state index contributed by atoms with van der Waals surface area (Å²) in [5.41, 5.74) is 3.52. The molecule has 0 saturated carbocycles. The van der Waals surface area contributed by atoms with Gasteiger partial charge in [0.2, 0.25) is 0 Å². The maximum absolute atomic E-state index is 11.9. The number of hydrogen-bond acceptors (Lipinski definition) is 3. The van der Waals surface area contributed by atoms with Crippen molar-refractivity contribution >= 4 is 5.97 Å². The predicted octanol–water partition coefficient (Wildman–Crippen LogP) is 3.71. The molecule has 0 heterocycles. The second-order valence-corrected chi connectivity index (χ2v) is 4.77. The molecule has 0 radical (unpaired) electrons. The van der Waals surface area contributed by atoms with Crippen molar-refractivity contribution in [2.45, 2.75) is 19.8 Å². The van der Waals surface area contributed by atoms with E-state index in [-0.39, 0.29) is 5.97 Å². The standard InChI is InChI=1S/C16H18O3/c1-10(2)11-6-5-7-12-9-14(18-3)15(13(12)8-11)16(17)19-4/h5-10H,1-4H3. The molecule has 0 bridgehead atoms. The molecule has 0 atom stereocenters. The molecule has 0 unspecified atom stereocenters. The van der Waals surface area contributed by atoms with E-state index in [0.717, 1.165) is 11.1 Å². The molecule has 0 fully saturated rings. The predicted molar refractivity (Wildman–Crippen MR) is 75.0 cm³/mol. The van der Waals surface area contributed by atoms with Crippen LogP contribution in [-0.2, 0) is 4.74 Å². The number of methoxy groups -OCH3 is 2. The lowest BCUT2D eigenvalue weighted by molar-refractivity contribution is 0.0598. The SMILES string of the molecule is COC(=O)c1c(OC)cc2cccc(C(C)C)cc1-2. The van der Waals surface area contributed by atoms with Crippen LogP contribution in [0.4, 0.5) is 0 Å². The smallest absolute Gasteiger partial charge is 0.342 e. The van der Waals surface area contributed by atoms with Crippen LogP contribution in [0.3, 0.4) is 0 Å². The highest BCUT2D eigenvalue weighted by Crippen LogP contribution is 2.38. The zero-order valence-electron chi connectivity index (χ0n) is 11.7. The van der Waals surface area contributed by atoms with Gasteiger partial charge >= 0.3 is 5.97 Å². The lowest BCUT2D eigenvalue weighted by Gasteiger charge is -2.05. The molecular weight excluding hydrogens is 240 g/mol. The van der Waals surface area contributed by atoms with Gasteiger partial charge < -0.3 is 9.47 Å². The molecule has 100 valence electrons. The third-order valence-corrected chi connectivity index (χ3v) is 3.26. The van der Waals surface area contributed by atoms with Crippen LogP contribution >= 0.6 is 0 Å². The van der Waals surface area contributed by atoms with E-state index in [0.29, 0.717) is 17.2 Å². The normalized spacial score (nSPS) is 10.8. The van der Waals surface area contributed by atoms with E-state index in [2.05, 4.69) is 19.9 Å². The van der Waals surface area contributed by atoms with Gasteiger partial charge in [-0.05, 0) is 29.2 Å². The fourth-order valence-corrected chi connectivity index (χ4v) is 2.17. The van der Waals surface area contributed by atoms with Gasteiger partial charge in [-0.3, -0.25) is 0 Å². The molecule has 2 rings (SSSR count). The average Bonchev–Trinajstić information content (AvgIpc) is 2.61. The van der Waals surface area contributed by atoms with Crippen molar-refractivity contribution in [3.05, 3.63) is 41.5 Å². The number of fused-ring (bicyclic) bond motifs is 1. The quantitative estimate of drug-likeness (QED) is 0.787. The van der Waals surface area contributed by atoms with Crippen LogP contribution in [0.1, 0.15) is 35.7 Å². The Morgan fingerprint density at radius 2 is 1.89 bits per heavy atom. The lowest BCUT2D eigenvalue weighted by atomic mass is 10.0. The highest BCUT2D eigenvalue weighted by atomic mass is 16.5. The Kier molecular flexibility index (Phi) is 3.74. The van der Waals surface area contributed by atoms with Gasteiger partial charge in [-0.15, -0.1) is 0 Å². The zero-order chi connectivity index (χ0) is 14.0. The minimum atomic E-state index is -0.368. The van der Waals surface area contributed by atoms with Gasteiger partial charge in [-0.2, -0.15) is 0 Å². The van der Waals surface area contributed by atoms with Crippen LogP contribution in [0, 0.1) is 0 Å². The van der Waals surface area contributed by atoms with Crippen LogP contribution in [-0.4, -0.2) is 20.2 Å². The van der Waals surface area contributed by atoms with E-state index in [9.17, 15) is 4.79 Å². The van der Waals surface area contributed by atoms with Crippen molar-refractivity contribution in [1.82, 2.24) is 0 Å². The Morgan fingerprint density at radius 1 is 1.16 bits per heavy atom. The highest BCUT2D eigenvalue weighted by Gasteiger charge is 2.23. The van der Waals surface area contributed by atoms with Crippen LogP contribution in [0.25, 0.3) is 11.1 Å². The molecule has 2 aliphatic carbocycles. The maximum atomic E-state index is 11.9. The van der Waals surface area contributed by atoms with Gasteiger partial charge in [-0.25, -0.2) is 4.79 Å². The van der Waals surface area contributed by atoms with Crippen LogP contribution < -0.4 is 4.74 Å². The summed E-state index contributed by atoms with van der Waals surface area (Å²) in [4.78, 5) is 11.9. The Balaban J connectivity index is 2.72. The molecule has 0 aromatic heterocycles. The minimum Gasteiger partial charge on any atom is -0.496 e. The van der Waals surface area contributed by atoms with Crippen molar-refractivity contribution in [2.75, 3.05) is 14.2 Å². The van der Waals surface area contributed by atoms with Gasteiger partial charge in [0.1, 0.15) is 11.3 Å². The fraction of sp³-hybridized carbons (Fsp3) is 0.312. The van der Waals surface area contributed by atoms with E-state index in [4.69, 9.17) is 9.47 Å². The zero-order valence-corrected chi connectivity index (χ0v) is 11.7. The number of rotatable bonds is 3. The number of carbonyl (C=O) groups excluding carboxylic acids is 1. The summed E-state index contributed by atoms with van der Waals surface area (Å²) in [6.07, 6.45) is 0. The molecule has 3 heteroatoms. The second-order valence-electron chi connectivity index (χ2n) is 4.77. The Hall–Kier alpha value is -2.03. The Labute approximate surface area is 113 Å². The van der Waals surface area contributed by atoms with Crippen LogP contribution in [0.2, 0.25) is 0 Å². The lowest BCUT2D eigenvalue weighted by Crippen LogP contribution is -2.03. The van der Waals surface area contributed by atoms with Crippen molar-refractivity contribution < 1.29 is 14.3 Å². The largest absolute Gasteiger partial charge is 0.496 e. The Bertz CT molecular complexity index is 573. The van der Waals surface area contributed by atoms with Gasteiger partial charge in [0.05, 0.1) is 14.2 Å². The summed E-state index contributed by atoms with van der Waals surface area (Å²) in [5.74, 6) is 0.581.